The van der Waals surface area contributed by atoms with Crippen LogP contribution < -0.4 is 10.5 Å². The van der Waals surface area contributed by atoms with Gasteiger partial charge in [0.25, 0.3) is 0 Å². The second kappa shape index (κ2) is 6.86. The number of anilines is 1. The van der Waals surface area contributed by atoms with Gasteiger partial charge in [0.05, 0.1) is 17.9 Å². The molecule has 0 saturated heterocycles. The van der Waals surface area contributed by atoms with Gasteiger partial charge in [-0.1, -0.05) is 19.9 Å². The molecule has 100 valence electrons. The molecule has 0 radical (unpaired) electrons. The molecule has 0 aromatic heterocycles. The van der Waals surface area contributed by atoms with Gasteiger partial charge >= 0.3 is 5.97 Å². The lowest BCUT2D eigenvalue weighted by Gasteiger charge is -2.11. The first-order valence-electron chi connectivity index (χ1n) is 5.84. The number of hydrogen-bond donors (Lipinski definition) is 2. The molecule has 0 heterocycles. The van der Waals surface area contributed by atoms with Gasteiger partial charge in [0, 0.05) is 6.61 Å². The summed E-state index contributed by atoms with van der Waals surface area (Å²) >= 11 is 0. The first kappa shape index (κ1) is 14.3. The molecular formula is C13H19NO4. The largest absolute Gasteiger partial charge is 0.489 e. The van der Waals surface area contributed by atoms with Gasteiger partial charge in [-0.05, 0) is 18.1 Å². The van der Waals surface area contributed by atoms with Crippen LogP contribution in [0.4, 0.5) is 5.69 Å². The molecule has 0 aliphatic heterocycles. The number of aromatic carboxylic acids is 1. The van der Waals surface area contributed by atoms with Gasteiger partial charge in [0.1, 0.15) is 12.4 Å². The Morgan fingerprint density at radius 1 is 1.39 bits per heavy atom. The third-order valence-corrected chi connectivity index (χ3v) is 2.23. The van der Waals surface area contributed by atoms with Crippen LogP contribution in [0.2, 0.25) is 0 Å². The van der Waals surface area contributed by atoms with E-state index in [-0.39, 0.29) is 11.3 Å². The monoisotopic (exact) mass is 253 g/mol. The number of benzene rings is 1. The number of nitrogen functional groups attached to an aromatic ring is 1. The molecule has 0 unspecified atom stereocenters. The van der Waals surface area contributed by atoms with E-state index in [1.165, 1.54) is 6.07 Å². The molecule has 3 N–H and O–H groups in total. The number of para-hydroxylation sites is 1. The summed E-state index contributed by atoms with van der Waals surface area (Å²) < 4.78 is 10.7. The highest BCUT2D eigenvalue weighted by atomic mass is 16.5. The molecule has 0 aliphatic carbocycles. The third kappa shape index (κ3) is 4.25. The van der Waals surface area contributed by atoms with Gasteiger partial charge in [-0.15, -0.1) is 0 Å². The summed E-state index contributed by atoms with van der Waals surface area (Å²) in [7, 11) is 0. The van der Waals surface area contributed by atoms with Crippen molar-refractivity contribution in [2.24, 2.45) is 5.92 Å². The van der Waals surface area contributed by atoms with E-state index in [9.17, 15) is 4.79 Å². The summed E-state index contributed by atoms with van der Waals surface area (Å²) in [5.41, 5.74) is 5.90. The molecule has 5 heteroatoms. The zero-order valence-electron chi connectivity index (χ0n) is 10.7. The molecule has 1 aromatic rings. The van der Waals surface area contributed by atoms with E-state index in [2.05, 4.69) is 13.8 Å². The molecule has 1 aromatic carbocycles. The first-order chi connectivity index (χ1) is 8.52. The Labute approximate surface area is 107 Å². The van der Waals surface area contributed by atoms with Crippen LogP contribution in [-0.2, 0) is 4.74 Å². The number of carboxylic acid groups (broad SMARTS) is 1. The highest BCUT2D eigenvalue weighted by molar-refractivity contribution is 5.95. The normalized spacial score (nSPS) is 10.6. The van der Waals surface area contributed by atoms with Crippen LogP contribution in [0.3, 0.4) is 0 Å². The SMILES string of the molecule is CC(C)COCCOc1cccc(C(=O)O)c1N. The molecule has 0 fully saturated rings. The second-order valence-corrected chi connectivity index (χ2v) is 4.34. The van der Waals surface area contributed by atoms with Crippen LogP contribution >= 0.6 is 0 Å². The zero-order chi connectivity index (χ0) is 13.5. The van der Waals surface area contributed by atoms with Gasteiger partial charge in [-0.3, -0.25) is 0 Å². The van der Waals surface area contributed by atoms with Gasteiger partial charge in [0.2, 0.25) is 0 Å². The van der Waals surface area contributed by atoms with Crippen molar-refractivity contribution in [1.82, 2.24) is 0 Å². The first-order valence-corrected chi connectivity index (χ1v) is 5.84. The van der Waals surface area contributed by atoms with Crippen molar-refractivity contribution in [2.45, 2.75) is 13.8 Å². The maximum Gasteiger partial charge on any atom is 0.337 e. The van der Waals surface area contributed by atoms with Crippen LogP contribution in [0.1, 0.15) is 24.2 Å². The minimum absolute atomic E-state index is 0.0515. The number of carboxylic acids is 1. The highest BCUT2D eigenvalue weighted by Gasteiger charge is 2.11. The van der Waals surface area contributed by atoms with E-state index >= 15 is 0 Å². The maximum absolute atomic E-state index is 10.9. The molecule has 0 saturated carbocycles. The summed E-state index contributed by atoms with van der Waals surface area (Å²) in [5.74, 6) is -0.206. The van der Waals surface area contributed by atoms with Crippen LogP contribution in [0.15, 0.2) is 18.2 Å². The predicted octanol–water partition coefficient (Wildman–Crippen LogP) is 2.02. The third-order valence-electron chi connectivity index (χ3n) is 2.23. The summed E-state index contributed by atoms with van der Waals surface area (Å²) in [6, 6.07) is 4.69. The van der Waals surface area contributed by atoms with Crippen LogP contribution in [0, 0.1) is 5.92 Å². The van der Waals surface area contributed by atoms with Gasteiger partial charge in [0.15, 0.2) is 0 Å². The lowest BCUT2D eigenvalue weighted by molar-refractivity contribution is 0.0696. The van der Waals surface area contributed by atoms with Crippen molar-refractivity contribution in [3.05, 3.63) is 23.8 Å². The topological polar surface area (TPSA) is 81.8 Å². The predicted molar refractivity (Wildman–Crippen MR) is 69.0 cm³/mol. The minimum Gasteiger partial charge on any atom is -0.489 e. The van der Waals surface area contributed by atoms with Gasteiger partial charge < -0.3 is 20.3 Å². The van der Waals surface area contributed by atoms with E-state index < -0.39 is 5.97 Å². The van der Waals surface area contributed by atoms with Crippen molar-refractivity contribution >= 4 is 11.7 Å². The molecule has 0 atom stereocenters. The zero-order valence-corrected chi connectivity index (χ0v) is 10.7. The van der Waals surface area contributed by atoms with Crippen LogP contribution in [0.25, 0.3) is 0 Å². The smallest absolute Gasteiger partial charge is 0.337 e. The molecule has 1 rings (SSSR count). The number of hydrogen-bond acceptors (Lipinski definition) is 4. The standard InChI is InChI=1S/C13H19NO4/c1-9(2)8-17-6-7-18-11-5-3-4-10(12(11)14)13(15)16/h3-5,9H,6-8,14H2,1-2H3,(H,15,16). The van der Waals surface area contributed by atoms with E-state index in [0.29, 0.717) is 31.5 Å². The summed E-state index contributed by atoms with van der Waals surface area (Å²) in [5, 5.41) is 8.90. The fraction of sp³-hybridized carbons (Fsp3) is 0.462. The molecule has 18 heavy (non-hydrogen) atoms. The van der Waals surface area contributed by atoms with Crippen molar-refractivity contribution < 1.29 is 19.4 Å². The summed E-state index contributed by atoms with van der Waals surface area (Å²) in [6.45, 7) is 5.60. The summed E-state index contributed by atoms with van der Waals surface area (Å²) in [4.78, 5) is 10.9. The van der Waals surface area contributed by atoms with Gasteiger partial charge in [-0.2, -0.15) is 0 Å². The van der Waals surface area contributed by atoms with Crippen molar-refractivity contribution in [3.63, 3.8) is 0 Å². The fourth-order valence-corrected chi connectivity index (χ4v) is 1.39. The highest BCUT2D eigenvalue weighted by Crippen LogP contribution is 2.24. The number of ether oxygens (including phenoxy) is 2. The Morgan fingerprint density at radius 2 is 2.11 bits per heavy atom. The summed E-state index contributed by atoms with van der Waals surface area (Å²) in [6.07, 6.45) is 0. The van der Waals surface area contributed by atoms with Gasteiger partial charge in [-0.25, -0.2) is 4.79 Å². The average Bonchev–Trinajstić information content (AvgIpc) is 2.30. The Morgan fingerprint density at radius 3 is 2.72 bits per heavy atom. The number of rotatable bonds is 7. The Bertz CT molecular complexity index is 404. The van der Waals surface area contributed by atoms with Crippen LogP contribution in [-0.4, -0.2) is 30.9 Å². The van der Waals surface area contributed by atoms with Crippen molar-refractivity contribution in [2.75, 3.05) is 25.6 Å². The number of nitrogens with two attached hydrogens (primary N) is 1. The lowest BCUT2D eigenvalue weighted by Crippen LogP contribution is -2.12. The van der Waals surface area contributed by atoms with E-state index in [4.69, 9.17) is 20.3 Å². The Balaban J connectivity index is 2.48. The maximum atomic E-state index is 10.9. The molecular weight excluding hydrogens is 234 g/mol. The fourth-order valence-electron chi connectivity index (χ4n) is 1.39. The molecule has 0 amide bonds. The van der Waals surface area contributed by atoms with E-state index in [1.807, 2.05) is 0 Å². The Kier molecular flexibility index (Phi) is 5.45. The van der Waals surface area contributed by atoms with E-state index in [1.54, 1.807) is 12.1 Å². The van der Waals surface area contributed by atoms with Crippen LogP contribution in [0.5, 0.6) is 5.75 Å². The number of carbonyl (C=O) groups is 1. The minimum atomic E-state index is -1.06. The van der Waals surface area contributed by atoms with Crippen molar-refractivity contribution in [1.29, 1.82) is 0 Å². The quantitative estimate of drug-likeness (QED) is 0.574. The molecule has 0 spiro atoms. The molecule has 0 bridgehead atoms. The van der Waals surface area contributed by atoms with Crippen molar-refractivity contribution in [3.8, 4) is 5.75 Å². The Hall–Kier alpha value is -1.75. The molecule has 5 nitrogen and oxygen atoms in total. The molecule has 0 aliphatic rings. The van der Waals surface area contributed by atoms with E-state index in [0.717, 1.165) is 0 Å². The lowest BCUT2D eigenvalue weighted by atomic mass is 10.1. The average molecular weight is 253 g/mol. The second-order valence-electron chi connectivity index (χ2n) is 4.34.